The van der Waals surface area contributed by atoms with E-state index in [1.807, 2.05) is 6.07 Å². The number of pyridine rings is 1. The van der Waals surface area contributed by atoms with Crippen molar-refractivity contribution in [2.24, 2.45) is 5.41 Å². The van der Waals surface area contributed by atoms with Crippen LogP contribution in [0.2, 0.25) is 0 Å². The third-order valence-electron chi connectivity index (χ3n) is 2.35. The normalized spacial score (nSPS) is 11.1. The predicted molar refractivity (Wildman–Crippen MR) is 74.8 cm³/mol. The maximum Gasteiger partial charge on any atom is 0.269 e. The minimum atomic E-state index is -0.119. The molecule has 0 aliphatic carbocycles. The Labute approximate surface area is 109 Å². The Morgan fingerprint density at radius 1 is 1.33 bits per heavy atom. The lowest BCUT2D eigenvalue weighted by atomic mass is 9.97. The zero-order chi connectivity index (χ0) is 13.6. The molecule has 1 aromatic heterocycles. The van der Waals surface area contributed by atoms with Crippen LogP contribution in [-0.2, 0) is 0 Å². The molecule has 4 nitrogen and oxygen atoms in total. The van der Waals surface area contributed by atoms with Crippen LogP contribution in [0, 0.1) is 5.41 Å². The summed E-state index contributed by atoms with van der Waals surface area (Å²) in [6, 6.07) is 3.63. The van der Waals surface area contributed by atoms with Crippen molar-refractivity contribution >= 4 is 11.6 Å². The molecule has 0 saturated heterocycles. The number of hydrogen-bond donors (Lipinski definition) is 2. The molecular weight excluding hydrogens is 226 g/mol. The number of carbonyl (C=O) groups excluding carboxylic acids is 1. The van der Waals surface area contributed by atoms with Gasteiger partial charge in [-0.2, -0.15) is 0 Å². The maximum atomic E-state index is 11.8. The topological polar surface area (TPSA) is 54.0 Å². The van der Waals surface area contributed by atoms with Gasteiger partial charge in [0.05, 0.1) is 11.9 Å². The van der Waals surface area contributed by atoms with Gasteiger partial charge in [0.25, 0.3) is 5.91 Å². The standard InChI is InChI=1S/C14H23N3O/c1-5-8-15-11-6-7-12(16-9-11)13(18)17-10-14(2,3)4/h6-7,9,15H,5,8,10H2,1-4H3,(H,17,18). The molecule has 1 aromatic rings. The highest BCUT2D eigenvalue weighted by molar-refractivity contribution is 5.92. The first kappa shape index (κ1) is 14.5. The SMILES string of the molecule is CCCNc1ccc(C(=O)NCC(C)(C)C)nc1. The molecule has 1 rings (SSSR count). The minimum absolute atomic E-state index is 0.0816. The van der Waals surface area contributed by atoms with Crippen molar-refractivity contribution in [3.8, 4) is 0 Å². The second kappa shape index (κ2) is 6.38. The lowest BCUT2D eigenvalue weighted by molar-refractivity contribution is 0.0934. The molecule has 1 heterocycles. The summed E-state index contributed by atoms with van der Waals surface area (Å²) >= 11 is 0. The van der Waals surface area contributed by atoms with Crippen molar-refractivity contribution in [3.05, 3.63) is 24.0 Å². The predicted octanol–water partition coefficient (Wildman–Crippen LogP) is 2.68. The average Bonchev–Trinajstić information content (AvgIpc) is 2.33. The van der Waals surface area contributed by atoms with Gasteiger partial charge in [0.1, 0.15) is 5.69 Å². The fourth-order valence-electron chi connectivity index (χ4n) is 1.34. The van der Waals surface area contributed by atoms with Crippen molar-refractivity contribution in [2.45, 2.75) is 34.1 Å². The smallest absolute Gasteiger partial charge is 0.269 e. The minimum Gasteiger partial charge on any atom is -0.384 e. The molecule has 0 aromatic carbocycles. The first-order chi connectivity index (χ1) is 8.42. The fourth-order valence-corrected chi connectivity index (χ4v) is 1.34. The lowest BCUT2D eigenvalue weighted by Gasteiger charge is -2.18. The van der Waals surface area contributed by atoms with Gasteiger partial charge < -0.3 is 10.6 Å². The molecule has 100 valence electrons. The maximum absolute atomic E-state index is 11.8. The quantitative estimate of drug-likeness (QED) is 0.843. The van der Waals surface area contributed by atoms with E-state index in [0.29, 0.717) is 12.2 Å². The summed E-state index contributed by atoms with van der Waals surface area (Å²) in [6.07, 6.45) is 2.76. The van der Waals surface area contributed by atoms with Crippen LogP contribution in [-0.4, -0.2) is 24.0 Å². The van der Waals surface area contributed by atoms with Crippen molar-refractivity contribution in [2.75, 3.05) is 18.4 Å². The lowest BCUT2D eigenvalue weighted by Crippen LogP contribution is -2.32. The van der Waals surface area contributed by atoms with Gasteiger partial charge in [-0.3, -0.25) is 4.79 Å². The van der Waals surface area contributed by atoms with Gasteiger partial charge in [0, 0.05) is 13.1 Å². The molecule has 0 radical (unpaired) electrons. The van der Waals surface area contributed by atoms with E-state index in [1.165, 1.54) is 0 Å². The summed E-state index contributed by atoms with van der Waals surface area (Å²) in [7, 11) is 0. The van der Waals surface area contributed by atoms with Crippen LogP contribution in [0.1, 0.15) is 44.6 Å². The van der Waals surface area contributed by atoms with Crippen LogP contribution in [0.15, 0.2) is 18.3 Å². The molecule has 0 aliphatic heterocycles. The Morgan fingerprint density at radius 2 is 2.06 bits per heavy atom. The summed E-state index contributed by atoms with van der Waals surface area (Å²) in [5.74, 6) is -0.119. The van der Waals surface area contributed by atoms with Crippen molar-refractivity contribution in [1.82, 2.24) is 10.3 Å². The largest absolute Gasteiger partial charge is 0.384 e. The van der Waals surface area contributed by atoms with E-state index in [0.717, 1.165) is 18.7 Å². The van der Waals surface area contributed by atoms with Gasteiger partial charge in [-0.1, -0.05) is 27.7 Å². The Balaban J connectivity index is 2.54. The highest BCUT2D eigenvalue weighted by atomic mass is 16.1. The number of hydrogen-bond acceptors (Lipinski definition) is 3. The Bertz CT molecular complexity index is 379. The van der Waals surface area contributed by atoms with Crippen molar-refractivity contribution < 1.29 is 4.79 Å². The number of rotatable bonds is 5. The summed E-state index contributed by atoms with van der Waals surface area (Å²) in [6.45, 7) is 9.91. The highest BCUT2D eigenvalue weighted by Gasteiger charge is 2.13. The molecule has 1 amide bonds. The number of anilines is 1. The molecule has 18 heavy (non-hydrogen) atoms. The molecule has 0 atom stereocenters. The summed E-state index contributed by atoms with van der Waals surface area (Å²) in [4.78, 5) is 16.0. The first-order valence-electron chi connectivity index (χ1n) is 6.40. The summed E-state index contributed by atoms with van der Waals surface area (Å²) in [5.41, 5.74) is 1.49. The van der Waals surface area contributed by atoms with Crippen LogP contribution < -0.4 is 10.6 Å². The monoisotopic (exact) mass is 249 g/mol. The first-order valence-corrected chi connectivity index (χ1v) is 6.40. The van der Waals surface area contributed by atoms with Crippen LogP contribution in [0.3, 0.4) is 0 Å². The van der Waals surface area contributed by atoms with E-state index in [9.17, 15) is 4.79 Å². The Morgan fingerprint density at radius 3 is 2.56 bits per heavy atom. The molecule has 0 aliphatic rings. The molecule has 0 bridgehead atoms. The Kier molecular flexibility index (Phi) is 5.13. The van der Waals surface area contributed by atoms with E-state index in [4.69, 9.17) is 0 Å². The second-order valence-electron chi connectivity index (χ2n) is 5.60. The number of nitrogens with one attached hydrogen (secondary N) is 2. The second-order valence-corrected chi connectivity index (χ2v) is 5.60. The molecule has 0 unspecified atom stereocenters. The van der Waals surface area contributed by atoms with Crippen molar-refractivity contribution in [1.29, 1.82) is 0 Å². The van der Waals surface area contributed by atoms with Gasteiger partial charge in [-0.05, 0) is 24.0 Å². The third kappa shape index (κ3) is 5.17. The molecule has 0 saturated carbocycles. The Hall–Kier alpha value is -1.58. The van der Waals surface area contributed by atoms with Gasteiger partial charge in [0.2, 0.25) is 0 Å². The molecule has 0 fully saturated rings. The molecule has 0 spiro atoms. The zero-order valence-electron chi connectivity index (χ0n) is 11.7. The number of carbonyl (C=O) groups is 1. The molecular formula is C14H23N3O. The third-order valence-corrected chi connectivity index (χ3v) is 2.35. The van der Waals surface area contributed by atoms with E-state index in [-0.39, 0.29) is 11.3 Å². The summed E-state index contributed by atoms with van der Waals surface area (Å²) < 4.78 is 0. The van der Waals surface area contributed by atoms with Gasteiger partial charge in [-0.15, -0.1) is 0 Å². The molecule has 4 heteroatoms. The number of nitrogens with zero attached hydrogens (tertiary/aromatic N) is 1. The number of aromatic nitrogens is 1. The van der Waals surface area contributed by atoms with Gasteiger partial charge in [0.15, 0.2) is 0 Å². The van der Waals surface area contributed by atoms with Gasteiger partial charge in [-0.25, -0.2) is 4.98 Å². The molecule has 2 N–H and O–H groups in total. The van der Waals surface area contributed by atoms with Gasteiger partial charge >= 0.3 is 0 Å². The van der Waals surface area contributed by atoms with Crippen LogP contribution >= 0.6 is 0 Å². The van der Waals surface area contributed by atoms with Crippen molar-refractivity contribution in [3.63, 3.8) is 0 Å². The zero-order valence-corrected chi connectivity index (χ0v) is 11.7. The number of amides is 1. The van der Waals surface area contributed by atoms with E-state index >= 15 is 0 Å². The average molecular weight is 249 g/mol. The van der Waals surface area contributed by atoms with E-state index in [1.54, 1.807) is 12.3 Å². The van der Waals surface area contributed by atoms with Crippen LogP contribution in [0.5, 0.6) is 0 Å². The fraction of sp³-hybridized carbons (Fsp3) is 0.571. The van der Waals surface area contributed by atoms with Crippen LogP contribution in [0.4, 0.5) is 5.69 Å². The van der Waals surface area contributed by atoms with E-state index in [2.05, 4.69) is 43.3 Å². The van der Waals surface area contributed by atoms with E-state index < -0.39 is 0 Å². The highest BCUT2D eigenvalue weighted by Crippen LogP contribution is 2.11. The van der Waals surface area contributed by atoms with Crippen LogP contribution in [0.25, 0.3) is 0 Å². The summed E-state index contributed by atoms with van der Waals surface area (Å²) in [5, 5.41) is 6.10.